The minimum Gasteiger partial charge on any atom is -0.325 e. The van der Waals surface area contributed by atoms with Crippen LogP contribution in [0.25, 0.3) is 0 Å². The smallest absolute Gasteiger partial charge is 0.234 e. The summed E-state index contributed by atoms with van der Waals surface area (Å²) in [5.74, 6) is 0.288. The number of anilines is 2. The van der Waals surface area contributed by atoms with Crippen molar-refractivity contribution in [2.45, 2.75) is 27.7 Å². The molecule has 0 aliphatic carbocycles. The van der Waals surface area contributed by atoms with Crippen molar-refractivity contribution in [2.75, 3.05) is 22.1 Å². The van der Waals surface area contributed by atoms with Gasteiger partial charge in [-0.2, -0.15) is 0 Å². The molecular weight excluding hydrogens is 332 g/mol. The number of thioether (sulfide) groups is 1. The molecule has 0 aliphatic rings. The molecule has 0 atom stereocenters. The molecule has 132 valence electrons. The molecule has 2 rings (SSSR count). The van der Waals surface area contributed by atoms with Gasteiger partial charge in [0.15, 0.2) is 0 Å². The fourth-order valence-corrected chi connectivity index (χ4v) is 3.05. The van der Waals surface area contributed by atoms with Crippen molar-refractivity contribution >= 4 is 35.0 Å². The van der Waals surface area contributed by atoms with Crippen molar-refractivity contribution in [3.05, 3.63) is 58.7 Å². The lowest BCUT2D eigenvalue weighted by molar-refractivity contribution is -0.114. The van der Waals surface area contributed by atoms with Crippen LogP contribution in [0.4, 0.5) is 11.4 Å². The van der Waals surface area contributed by atoms with Crippen LogP contribution >= 0.6 is 11.8 Å². The zero-order chi connectivity index (χ0) is 18.4. The molecule has 25 heavy (non-hydrogen) atoms. The first kappa shape index (κ1) is 19.1. The third kappa shape index (κ3) is 5.94. The van der Waals surface area contributed by atoms with Crippen molar-refractivity contribution < 1.29 is 9.59 Å². The number of hydrogen-bond donors (Lipinski definition) is 2. The summed E-state index contributed by atoms with van der Waals surface area (Å²) < 4.78 is 0. The van der Waals surface area contributed by atoms with Gasteiger partial charge < -0.3 is 10.6 Å². The predicted octanol–water partition coefficient (Wildman–Crippen LogP) is 4.23. The molecule has 5 heteroatoms. The van der Waals surface area contributed by atoms with E-state index in [9.17, 15) is 9.59 Å². The van der Waals surface area contributed by atoms with Crippen molar-refractivity contribution in [1.29, 1.82) is 0 Å². The van der Waals surface area contributed by atoms with Gasteiger partial charge in [-0.15, -0.1) is 11.8 Å². The standard InChI is InChI=1S/C20H24N2O2S/c1-13-6-8-17(16(4)9-13)21-19(23)11-25-12-20(24)22-18-10-14(2)5-7-15(18)3/h5-10H,11-12H2,1-4H3,(H,21,23)(H,22,24). The SMILES string of the molecule is Cc1ccc(NC(=O)CSCC(=O)Nc2cc(C)ccc2C)c(C)c1. The molecule has 0 fully saturated rings. The summed E-state index contributed by atoms with van der Waals surface area (Å²) in [7, 11) is 0. The Morgan fingerprint density at radius 2 is 1.32 bits per heavy atom. The number of benzene rings is 2. The molecule has 0 unspecified atom stereocenters. The second-order valence-corrected chi connectivity index (χ2v) is 7.21. The minimum absolute atomic E-state index is 0.0991. The average molecular weight is 356 g/mol. The predicted molar refractivity (Wildman–Crippen MR) is 106 cm³/mol. The highest BCUT2D eigenvalue weighted by atomic mass is 32.2. The largest absolute Gasteiger partial charge is 0.325 e. The molecule has 2 N–H and O–H groups in total. The molecule has 0 spiro atoms. The number of hydrogen-bond acceptors (Lipinski definition) is 3. The maximum absolute atomic E-state index is 12.0. The Morgan fingerprint density at radius 3 is 1.96 bits per heavy atom. The molecule has 0 heterocycles. The number of carbonyl (C=O) groups is 2. The number of carbonyl (C=O) groups excluding carboxylic acids is 2. The van der Waals surface area contributed by atoms with Gasteiger partial charge in [-0.1, -0.05) is 29.8 Å². The summed E-state index contributed by atoms with van der Waals surface area (Å²) in [5.41, 5.74) is 5.96. The molecule has 2 aromatic carbocycles. The Hall–Kier alpha value is -2.27. The molecule has 0 bridgehead atoms. The van der Waals surface area contributed by atoms with E-state index in [0.717, 1.165) is 33.6 Å². The highest BCUT2D eigenvalue weighted by Gasteiger charge is 2.09. The van der Waals surface area contributed by atoms with Crippen LogP contribution in [-0.2, 0) is 9.59 Å². The lowest BCUT2D eigenvalue weighted by Crippen LogP contribution is -2.19. The van der Waals surface area contributed by atoms with Crippen molar-refractivity contribution in [2.24, 2.45) is 0 Å². The molecule has 0 aromatic heterocycles. The first-order chi connectivity index (χ1) is 11.8. The molecular formula is C20H24N2O2S. The van der Waals surface area contributed by atoms with E-state index in [1.54, 1.807) is 0 Å². The van der Waals surface area contributed by atoms with Crippen LogP contribution < -0.4 is 10.6 Å². The molecule has 0 saturated heterocycles. The van der Waals surface area contributed by atoms with Gasteiger partial charge in [-0.25, -0.2) is 0 Å². The van der Waals surface area contributed by atoms with E-state index in [0.29, 0.717) is 0 Å². The summed E-state index contributed by atoms with van der Waals surface area (Å²) in [4.78, 5) is 24.1. The van der Waals surface area contributed by atoms with Gasteiger partial charge in [0.05, 0.1) is 11.5 Å². The molecule has 0 radical (unpaired) electrons. The van der Waals surface area contributed by atoms with Gasteiger partial charge >= 0.3 is 0 Å². The first-order valence-corrected chi connectivity index (χ1v) is 9.32. The van der Waals surface area contributed by atoms with Crippen LogP contribution in [0.5, 0.6) is 0 Å². The second-order valence-electron chi connectivity index (χ2n) is 6.23. The highest BCUT2D eigenvalue weighted by molar-refractivity contribution is 8.00. The lowest BCUT2D eigenvalue weighted by atomic mass is 10.1. The van der Waals surface area contributed by atoms with Gasteiger partial charge in [-0.3, -0.25) is 9.59 Å². The summed E-state index contributed by atoms with van der Waals surface area (Å²) in [6.07, 6.45) is 0. The lowest BCUT2D eigenvalue weighted by Gasteiger charge is -2.10. The van der Waals surface area contributed by atoms with E-state index in [-0.39, 0.29) is 23.3 Å². The van der Waals surface area contributed by atoms with Crippen LogP contribution in [0.1, 0.15) is 22.3 Å². The average Bonchev–Trinajstić information content (AvgIpc) is 2.53. The van der Waals surface area contributed by atoms with Gasteiger partial charge in [-0.05, 0) is 56.5 Å². The van der Waals surface area contributed by atoms with Crippen LogP contribution in [0.2, 0.25) is 0 Å². The number of aryl methyl sites for hydroxylation is 4. The first-order valence-electron chi connectivity index (χ1n) is 8.17. The van der Waals surface area contributed by atoms with Gasteiger partial charge in [0.1, 0.15) is 0 Å². The molecule has 2 amide bonds. The fraction of sp³-hybridized carbons (Fsp3) is 0.300. The molecule has 0 saturated carbocycles. The Morgan fingerprint density at radius 1 is 0.760 bits per heavy atom. The normalized spacial score (nSPS) is 10.4. The number of rotatable bonds is 6. The Balaban J connectivity index is 1.78. The van der Waals surface area contributed by atoms with Crippen molar-refractivity contribution in [1.82, 2.24) is 0 Å². The molecule has 2 aromatic rings. The van der Waals surface area contributed by atoms with E-state index < -0.39 is 0 Å². The van der Waals surface area contributed by atoms with Crippen LogP contribution in [-0.4, -0.2) is 23.3 Å². The Bertz CT molecular complexity index is 787. The highest BCUT2D eigenvalue weighted by Crippen LogP contribution is 2.18. The molecule has 0 aliphatic heterocycles. The monoisotopic (exact) mass is 356 g/mol. The van der Waals surface area contributed by atoms with E-state index in [4.69, 9.17) is 0 Å². The zero-order valence-electron chi connectivity index (χ0n) is 15.1. The summed E-state index contributed by atoms with van der Waals surface area (Å²) in [5, 5.41) is 5.78. The van der Waals surface area contributed by atoms with Crippen LogP contribution in [0.3, 0.4) is 0 Å². The third-order valence-corrected chi connectivity index (χ3v) is 4.72. The van der Waals surface area contributed by atoms with Crippen LogP contribution in [0.15, 0.2) is 36.4 Å². The molecule has 4 nitrogen and oxygen atoms in total. The maximum atomic E-state index is 12.0. The third-order valence-electron chi connectivity index (χ3n) is 3.79. The fourth-order valence-electron chi connectivity index (χ4n) is 2.43. The van der Waals surface area contributed by atoms with E-state index in [1.807, 2.05) is 64.1 Å². The Labute approximate surface area is 153 Å². The van der Waals surface area contributed by atoms with Gasteiger partial charge in [0.25, 0.3) is 0 Å². The van der Waals surface area contributed by atoms with Crippen molar-refractivity contribution in [3.8, 4) is 0 Å². The topological polar surface area (TPSA) is 58.2 Å². The van der Waals surface area contributed by atoms with E-state index in [2.05, 4.69) is 10.6 Å². The van der Waals surface area contributed by atoms with E-state index in [1.165, 1.54) is 11.8 Å². The summed E-state index contributed by atoms with van der Waals surface area (Å²) in [6, 6.07) is 11.8. The van der Waals surface area contributed by atoms with Crippen LogP contribution in [0, 0.1) is 27.7 Å². The minimum atomic E-state index is -0.100. The van der Waals surface area contributed by atoms with Gasteiger partial charge in [0, 0.05) is 11.4 Å². The van der Waals surface area contributed by atoms with E-state index >= 15 is 0 Å². The maximum Gasteiger partial charge on any atom is 0.234 e. The summed E-state index contributed by atoms with van der Waals surface area (Å²) >= 11 is 1.30. The quantitative estimate of drug-likeness (QED) is 0.814. The van der Waals surface area contributed by atoms with Crippen molar-refractivity contribution in [3.63, 3.8) is 0 Å². The summed E-state index contributed by atoms with van der Waals surface area (Å²) in [6.45, 7) is 7.93. The number of amides is 2. The Kier molecular flexibility index (Phi) is 6.65. The second kappa shape index (κ2) is 8.72. The number of nitrogens with one attached hydrogen (secondary N) is 2. The van der Waals surface area contributed by atoms with Gasteiger partial charge in [0.2, 0.25) is 11.8 Å². The zero-order valence-corrected chi connectivity index (χ0v) is 15.9.